The number of carbonyl (C=O) groups is 2. The van der Waals surface area contributed by atoms with Crippen LogP contribution in [-0.4, -0.2) is 44.2 Å². The van der Waals surface area contributed by atoms with Gasteiger partial charge in [0.2, 0.25) is 0 Å². The minimum absolute atomic E-state index is 0.0116. The third-order valence-electron chi connectivity index (χ3n) is 4.84. The van der Waals surface area contributed by atoms with Gasteiger partial charge in [-0.3, -0.25) is 9.59 Å². The Morgan fingerprint density at radius 1 is 1.23 bits per heavy atom. The first kappa shape index (κ1) is 17.2. The van der Waals surface area contributed by atoms with E-state index < -0.39 is 23.3 Å². The predicted molar refractivity (Wildman–Crippen MR) is 77.9 cm³/mol. The Hall–Kier alpha value is -1.14. The number of ether oxygens (including phenoxy) is 4. The summed E-state index contributed by atoms with van der Waals surface area (Å²) in [4.78, 5) is 24.8. The highest BCUT2D eigenvalue weighted by Gasteiger charge is 2.57. The highest BCUT2D eigenvalue weighted by atomic mass is 16.7. The molecule has 2 rings (SSSR count). The Bertz CT molecular complexity index is 405. The quantitative estimate of drug-likeness (QED) is 0.570. The van der Waals surface area contributed by atoms with E-state index in [1.807, 2.05) is 13.8 Å². The van der Waals surface area contributed by atoms with Crippen LogP contribution in [0.4, 0.5) is 0 Å². The van der Waals surface area contributed by atoms with Gasteiger partial charge in [0.15, 0.2) is 12.2 Å². The molecule has 0 radical (unpaired) electrons. The van der Waals surface area contributed by atoms with Crippen molar-refractivity contribution in [3.63, 3.8) is 0 Å². The molecule has 2 fully saturated rings. The van der Waals surface area contributed by atoms with Crippen molar-refractivity contribution in [3.8, 4) is 0 Å². The van der Waals surface area contributed by atoms with Crippen molar-refractivity contribution in [3.05, 3.63) is 0 Å². The minimum Gasteiger partial charge on any atom is -0.465 e. The Morgan fingerprint density at radius 2 is 1.82 bits per heavy atom. The zero-order chi connectivity index (χ0) is 16.3. The van der Waals surface area contributed by atoms with Gasteiger partial charge in [-0.25, -0.2) is 0 Å². The molecule has 2 aliphatic rings. The Kier molecular flexibility index (Phi) is 5.45. The Balaban J connectivity index is 2.25. The standard InChI is InChI=1S/C16H26O6/c1-5-19-14(17)13(15(18)20-6-2)16(4)8-7-12-11(16)9-21-10(3)22-12/h10-13H,5-9H2,1-4H3/t10-,11+,12+,16?/m0/s1. The molecule has 126 valence electrons. The number of hydrogen-bond donors (Lipinski definition) is 0. The maximum Gasteiger partial charge on any atom is 0.320 e. The number of hydrogen-bond acceptors (Lipinski definition) is 6. The van der Waals surface area contributed by atoms with E-state index in [4.69, 9.17) is 18.9 Å². The van der Waals surface area contributed by atoms with Crippen LogP contribution in [0.5, 0.6) is 0 Å². The van der Waals surface area contributed by atoms with Gasteiger partial charge in [-0.05, 0) is 39.0 Å². The van der Waals surface area contributed by atoms with E-state index in [9.17, 15) is 9.59 Å². The SMILES string of the molecule is CCOC(=O)C(C(=O)OCC)C1(C)CC[C@H]2O[C@@H](C)OC[C@H]21. The predicted octanol–water partition coefficient (Wildman–Crippen LogP) is 1.91. The summed E-state index contributed by atoms with van der Waals surface area (Å²) in [5.41, 5.74) is -0.566. The maximum atomic E-state index is 12.4. The van der Waals surface area contributed by atoms with Gasteiger partial charge in [0, 0.05) is 5.92 Å². The van der Waals surface area contributed by atoms with Crippen molar-refractivity contribution >= 4 is 11.9 Å². The molecular formula is C16H26O6. The van der Waals surface area contributed by atoms with Gasteiger partial charge in [-0.1, -0.05) is 6.92 Å². The van der Waals surface area contributed by atoms with Crippen LogP contribution < -0.4 is 0 Å². The second kappa shape index (κ2) is 6.96. The fourth-order valence-electron chi connectivity index (χ4n) is 3.69. The monoisotopic (exact) mass is 314 g/mol. The molecule has 1 aliphatic carbocycles. The first-order valence-electron chi connectivity index (χ1n) is 8.04. The second-order valence-corrected chi connectivity index (χ2v) is 6.16. The molecule has 1 unspecified atom stereocenters. The largest absolute Gasteiger partial charge is 0.465 e. The lowest BCUT2D eigenvalue weighted by molar-refractivity contribution is -0.234. The van der Waals surface area contributed by atoms with E-state index in [1.165, 1.54) is 0 Å². The molecule has 1 saturated carbocycles. The zero-order valence-electron chi connectivity index (χ0n) is 13.8. The summed E-state index contributed by atoms with van der Waals surface area (Å²) >= 11 is 0. The molecule has 0 N–H and O–H groups in total. The lowest BCUT2D eigenvalue weighted by atomic mass is 9.69. The third kappa shape index (κ3) is 3.13. The molecule has 0 bridgehead atoms. The van der Waals surface area contributed by atoms with Gasteiger partial charge in [0.05, 0.1) is 25.9 Å². The number of esters is 2. The molecule has 0 spiro atoms. The van der Waals surface area contributed by atoms with Crippen LogP contribution in [0, 0.1) is 17.3 Å². The van der Waals surface area contributed by atoms with E-state index in [2.05, 4.69) is 0 Å². The molecule has 1 saturated heterocycles. The summed E-state index contributed by atoms with van der Waals surface area (Å²) in [6, 6.07) is 0. The first-order chi connectivity index (χ1) is 10.4. The molecule has 1 aliphatic heterocycles. The summed E-state index contributed by atoms with van der Waals surface area (Å²) in [5, 5.41) is 0. The van der Waals surface area contributed by atoms with Gasteiger partial charge in [0.25, 0.3) is 0 Å². The van der Waals surface area contributed by atoms with Crippen molar-refractivity contribution in [2.75, 3.05) is 19.8 Å². The average Bonchev–Trinajstić information content (AvgIpc) is 2.77. The van der Waals surface area contributed by atoms with E-state index in [1.54, 1.807) is 13.8 Å². The fourth-order valence-corrected chi connectivity index (χ4v) is 3.69. The van der Waals surface area contributed by atoms with Crippen molar-refractivity contribution in [2.24, 2.45) is 17.3 Å². The smallest absolute Gasteiger partial charge is 0.320 e. The molecule has 6 nitrogen and oxygen atoms in total. The van der Waals surface area contributed by atoms with Crippen LogP contribution in [0.25, 0.3) is 0 Å². The number of rotatable bonds is 5. The molecule has 6 heteroatoms. The highest BCUT2D eigenvalue weighted by molar-refractivity contribution is 5.96. The first-order valence-corrected chi connectivity index (χ1v) is 8.04. The topological polar surface area (TPSA) is 71.1 Å². The lowest BCUT2D eigenvalue weighted by Gasteiger charge is -2.41. The Morgan fingerprint density at radius 3 is 2.36 bits per heavy atom. The highest BCUT2D eigenvalue weighted by Crippen LogP contribution is 2.52. The second-order valence-electron chi connectivity index (χ2n) is 6.16. The normalized spacial score (nSPS) is 34.3. The molecule has 22 heavy (non-hydrogen) atoms. The number of carbonyl (C=O) groups excluding carboxylic acids is 2. The van der Waals surface area contributed by atoms with Crippen LogP contribution >= 0.6 is 0 Å². The minimum atomic E-state index is -0.928. The fraction of sp³-hybridized carbons (Fsp3) is 0.875. The maximum absolute atomic E-state index is 12.4. The van der Waals surface area contributed by atoms with Gasteiger partial charge in [0.1, 0.15) is 0 Å². The average molecular weight is 314 g/mol. The summed E-state index contributed by atoms with van der Waals surface area (Å²) in [5.74, 6) is -1.96. The van der Waals surface area contributed by atoms with E-state index >= 15 is 0 Å². The molecule has 1 heterocycles. The van der Waals surface area contributed by atoms with Gasteiger partial charge < -0.3 is 18.9 Å². The molecule has 0 aromatic carbocycles. The van der Waals surface area contributed by atoms with Crippen molar-refractivity contribution in [1.29, 1.82) is 0 Å². The van der Waals surface area contributed by atoms with Crippen LogP contribution in [0.1, 0.15) is 40.5 Å². The molecule has 4 atom stereocenters. The summed E-state index contributed by atoms with van der Waals surface area (Å²) in [6.07, 6.45) is 1.29. The van der Waals surface area contributed by atoms with Crippen molar-refractivity contribution in [1.82, 2.24) is 0 Å². The Labute approximate surface area is 131 Å². The van der Waals surface area contributed by atoms with Crippen molar-refractivity contribution in [2.45, 2.75) is 52.9 Å². The number of fused-ring (bicyclic) bond motifs is 1. The summed E-state index contributed by atoms with van der Waals surface area (Å²) < 4.78 is 21.7. The lowest BCUT2D eigenvalue weighted by Crippen LogP contribution is -2.49. The molecule has 0 amide bonds. The van der Waals surface area contributed by atoms with E-state index in [-0.39, 0.29) is 31.5 Å². The van der Waals surface area contributed by atoms with E-state index in [0.717, 1.165) is 6.42 Å². The van der Waals surface area contributed by atoms with E-state index in [0.29, 0.717) is 13.0 Å². The van der Waals surface area contributed by atoms with Gasteiger partial charge in [-0.15, -0.1) is 0 Å². The van der Waals surface area contributed by atoms with Gasteiger partial charge in [-0.2, -0.15) is 0 Å². The van der Waals surface area contributed by atoms with Crippen molar-refractivity contribution < 1.29 is 28.5 Å². The summed E-state index contributed by atoms with van der Waals surface area (Å²) in [7, 11) is 0. The van der Waals surface area contributed by atoms with Crippen LogP contribution in [0.3, 0.4) is 0 Å². The molecule has 0 aromatic heterocycles. The third-order valence-corrected chi connectivity index (χ3v) is 4.84. The molecule has 0 aromatic rings. The van der Waals surface area contributed by atoms with Crippen LogP contribution in [0.15, 0.2) is 0 Å². The van der Waals surface area contributed by atoms with Crippen LogP contribution in [-0.2, 0) is 28.5 Å². The zero-order valence-corrected chi connectivity index (χ0v) is 13.8. The molecular weight excluding hydrogens is 288 g/mol. The van der Waals surface area contributed by atoms with Gasteiger partial charge >= 0.3 is 11.9 Å². The van der Waals surface area contributed by atoms with Crippen LogP contribution in [0.2, 0.25) is 0 Å². The summed E-state index contributed by atoms with van der Waals surface area (Å²) in [6.45, 7) is 8.23.